The van der Waals surface area contributed by atoms with Crippen molar-refractivity contribution in [3.8, 4) is 6.07 Å². The van der Waals surface area contributed by atoms with Crippen LogP contribution in [-0.4, -0.2) is 35.2 Å². The third-order valence-electron chi connectivity index (χ3n) is 3.15. The maximum absolute atomic E-state index is 8.80. The van der Waals surface area contributed by atoms with Gasteiger partial charge in [0.15, 0.2) is 0 Å². The lowest BCUT2D eigenvalue weighted by molar-refractivity contribution is -0.0792. The van der Waals surface area contributed by atoms with Crippen LogP contribution in [-0.2, 0) is 4.74 Å². The Morgan fingerprint density at radius 3 is 2.33 bits per heavy atom. The molecule has 0 radical (unpaired) electrons. The number of rotatable bonds is 3. The van der Waals surface area contributed by atoms with Crippen molar-refractivity contribution in [2.45, 2.75) is 58.3 Å². The van der Waals surface area contributed by atoms with Crippen molar-refractivity contribution in [3.63, 3.8) is 0 Å². The maximum Gasteiger partial charge on any atom is 0.0869 e. The van der Waals surface area contributed by atoms with E-state index in [4.69, 9.17) is 10.00 Å². The molecule has 0 aromatic rings. The third-order valence-corrected chi connectivity index (χ3v) is 3.15. The van der Waals surface area contributed by atoms with Gasteiger partial charge in [-0.1, -0.05) is 6.92 Å². The number of likely N-dealkylation sites (N-methyl/N-ethyl adjacent to an activating group) is 1. The van der Waals surface area contributed by atoms with Gasteiger partial charge in [0.25, 0.3) is 0 Å². The molecule has 15 heavy (non-hydrogen) atoms. The molecule has 0 bridgehead atoms. The fourth-order valence-electron chi connectivity index (χ4n) is 2.64. The quantitative estimate of drug-likeness (QED) is 0.670. The van der Waals surface area contributed by atoms with Crippen LogP contribution in [0, 0.1) is 11.3 Å². The topological polar surface area (TPSA) is 36.3 Å². The van der Waals surface area contributed by atoms with Crippen molar-refractivity contribution < 1.29 is 4.74 Å². The molecular formula is C12H22N2O. The summed E-state index contributed by atoms with van der Waals surface area (Å²) in [7, 11) is 0. The van der Waals surface area contributed by atoms with Gasteiger partial charge in [-0.2, -0.15) is 5.26 Å². The second kappa shape index (κ2) is 4.11. The molecule has 0 saturated carbocycles. The third kappa shape index (κ3) is 2.70. The normalized spacial score (nSPS) is 27.9. The molecule has 86 valence electrons. The molecule has 0 amide bonds. The second-order valence-corrected chi connectivity index (χ2v) is 5.41. The Hall–Kier alpha value is -0.590. The Kier molecular flexibility index (Phi) is 3.42. The van der Waals surface area contributed by atoms with E-state index in [-0.39, 0.29) is 11.2 Å². The standard InChI is InChI=1S/C12H22N2O/c1-6-14(8-7-13)10-9-11(2,3)15-12(10,4)5/h10H,6,8-9H2,1-5H3. The van der Waals surface area contributed by atoms with Crippen molar-refractivity contribution in [2.75, 3.05) is 13.1 Å². The van der Waals surface area contributed by atoms with Crippen molar-refractivity contribution in [1.29, 1.82) is 5.26 Å². The van der Waals surface area contributed by atoms with E-state index < -0.39 is 0 Å². The molecule has 3 nitrogen and oxygen atoms in total. The number of ether oxygens (including phenoxy) is 1. The minimum Gasteiger partial charge on any atom is -0.368 e. The fourth-order valence-corrected chi connectivity index (χ4v) is 2.64. The zero-order chi connectivity index (χ0) is 11.7. The Labute approximate surface area is 93.0 Å². The van der Waals surface area contributed by atoms with Crippen molar-refractivity contribution in [2.24, 2.45) is 0 Å². The van der Waals surface area contributed by atoms with E-state index in [0.29, 0.717) is 12.6 Å². The van der Waals surface area contributed by atoms with Crippen LogP contribution < -0.4 is 0 Å². The summed E-state index contributed by atoms with van der Waals surface area (Å²) in [5, 5.41) is 8.80. The van der Waals surface area contributed by atoms with E-state index in [1.54, 1.807) is 0 Å². The highest BCUT2D eigenvalue weighted by atomic mass is 16.5. The highest BCUT2D eigenvalue weighted by molar-refractivity contribution is 5.01. The minimum atomic E-state index is -0.156. The molecule has 0 aliphatic carbocycles. The van der Waals surface area contributed by atoms with Gasteiger partial charge in [0.05, 0.1) is 23.8 Å². The second-order valence-electron chi connectivity index (χ2n) is 5.41. The summed E-state index contributed by atoms with van der Waals surface area (Å²) in [5.74, 6) is 0. The van der Waals surface area contributed by atoms with Crippen LogP contribution in [0.2, 0.25) is 0 Å². The minimum absolute atomic E-state index is 0.0724. The summed E-state index contributed by atoms with van der Waals surface area (Å²) in [6.07, 6.45) is 0.996. The molecule has 1 saturated heterocycles. The van der Waals surface area contributed by atoms with E-state index in [2.05, 4.69) is 45.6 Å². The van der Waals surface area contributed by atoms with Crippen LogP contribution in [0.5, 0.6) is 0 Å². The average molecular weight is 210 g/mol. The zero-order valence-electron chi connectivity index (χ0n) is 10.5. The first-order valence-electron chi connectivity index (χ1n) is 5.63. The summed E-state index contributed by atoms with van der Waals surface area (Å²) in [6, 6.07) is 2.58. The van der Waals surface area contributed by atoms with Gasteiger partial charge in [0.1, 0.15) is 0 Å². The Balaban J connectivity index is 2.81. The average Bonchev–Trinajstić information content (AvgIpc) is 2.30. The monoisotopic (exact) mass is 210 g/mol. The van der Waals surface area contributed by atoms with Gasteiger partial charge in [-0.15, -0.1) is 0 Å². The van der Waals surface area contributed by atoms with Gasteiger partial charge < -0.3 is 4.74 Å². The fraction of sp³-hybridized carbons (Fsp3) is 0.917. The summed E-state index contributed by atoms with van der Waals surface area (Å²) >= 11 is 0. The number of nitrogens with zero attached hydrogens (tertiary/aromatic N) is 2. The van der Waals surface area contributed by atoms with Gasteiger partial charge in [0, 0.05) is 6.04 Å². The highest BCUT2D eigenvalue weighted by Gasteiger charge is 2.47. The number of hydrogen-bond donors (Lipinski definition) is 0. The van der Waals surface area contributed by atoms with E-state index >= 15 is 0 Å². The Bertz CT molecular complexity index is 265. The van der Waals surface area contributed by atoms with E-state index in [9.17, 15) is 0 Å². The van der Waals surface area contributed by atoms with Crippen molar-refractivity contribution >= 4 is 0 Å². The number of hydrogen-bond acceptors (Lipinski definition) is 3. The van der Waals surface area contributed by atoms with Crippen LogP contribution in [0.3, 0.4) is 0 Å². The smallest absolute Gasteiger partial charge is 0.0869 e. The lowest BCUT2D eigenvalue weighted by Gasteiger charge is -2.34. The van der Waals surface area contributed by atoms with Crippen molar-refractivity contribution in [1.82, 2.24) is 4.90 Å². The molecule has 0 aromatic heterocycles. The molecule has 1 aliphatic heterocycles. The lowest BCUT2D eigenvalue weighted by atomic mass is 9.93. The molecule has 1 rings (SSSR count). The van der Waals surface area contributed by atoms with Crippen LogP contribution in [0.25, 0.3) is 0 Å². The van der Waals surface area contributed by atoms with Crippen LogP contribution >= 0.6 is 0 Å². The van der Waals surface area contributed by atoms with Crippen molar-refractivity contribution in [3.05, 3.63) is 0 Å². The summed E-state index contributed by atoms with van der Waals surface area (Å²) in [4.78, 5) is 2.20. The molecular weight excluding hydrogens is 188 g/mol. The molecule has 0 spiro atoms. The molecule has 1 aliphatic rings. The molecule has 3 heteroatoms. The zero-order valence-corrected chi connectivity index (χ0v) is 10.5. The SMILES string of the molecule is CCN(CC#N)C1CC(C)(C)OC1(C)C. The summed E-state index contributed by atoms with van der Waals surface area (Å²) in [5.41, 5.74) is -0.229. The molecule has 1 fully saturated rings. The van der Waals surface area contributed by atoms with E-state index in [0.717, 1.165) is 13.0 Å². The first-order chi connectivity index (χ1) is 6.82. The van der Waals surface area contributed by atoms with Gasteiger partial charge in [-0.3, -0.25) is 4.90 Å². The van der Waals surface area contributed by atoms with Gasteiger partial charge in [-0.25, -0.2) is 0 Å². The maximum atomic E-state index is 8.80. The first-order valence-corrected chi connectivity index (χ1v) is 5.63. The highest BCUT2D eigenvalue weighted by Crippen LogP contribution is 2.39. The Morgan fingerprint density at radius 1 is 1.40 bits per heavy atom. The van der Waals surface area contributed by atoms with E-state index in [1.807, 2.05) is 0 Å². The summed E-state index contributed by atoms with van der Waals surface area (Å²) < 4.78 is 6.03. The molecule has 0 N–H and O–H groups in total. The van der Waals surface area contributed by atoms with E-state index in [1.165, 1.54) is 0 Å². The van der Waals surface area contributed by atoms with Gasteiger partial charge in [0.2, 0.25) is 0 Å². The Morgan fingerprint density at radius 2 is 2.00 bits per heavy atom. The molecule has 1 heterocycles. The predicted molar refractivity (Wildman–Crippen MR) is 60.5 cm³/mol. The largest absolute Gasteiger partial charge is 0.368 e. The molecule has 1 atom stereocenters. The van der Waals surface area contributed by atoms with Crippen LogP contribution in [0.4, 0.5) is 0 Å². The summed E-state index contributed by atoms with van der Waals surface area (Å²) in [6.45, 7) is 12.0. The first kappa shape index (κ1) is 12.5. The van der Waals surface area contributed by atoms with Crippen LogP contribution in [0.1, 0.15) is 41.0 Å². The van der Waals surface area contributed by atoms with Gasteiger partial charge >= 0.3 is 0 Å². The lowest BCUT2D eigenvalue weighted by Crippen LogP contribution is -2.46. The molecule has 1 unspecified atom stereocenters. The van der Waals surface area contributed by atoms with Crippen LogP contribution in [0.15, 0.2) is 0 Å². The number of nitriles is 1. The van der Waals surface area contributed by atoms with Gasteiger partial charge in [-0.05, 0) is 40.7 Å². The molecule has 0 aromatic carbocycles. The predicted octanol–water partition coefficient (Wildman–Crippen LogP) is 2.18.